The van der Waals surface area contributed by atoms with E-state index in [9.17, 15) is 9.59 Å². The van der Waals surface area contributed by atoms with Crippen molar-refractivity contribution in [3.05, 3.63) is 0 Å². The molecule has 0 bridgehead atoms. The number of amides is 2. The normalized spacial score (nSPS) is 22.6. The van der Waals surface area contributed by atoms with Gasteiger partial charge in [-0.2, -0.15) is 0 Å². The summed E-state index contributed by atoms with van der Waals surface area (Å²) in [6.45, 7) is 1.91. The molecule has 0 radical (unpaired) electrons. The Balaban J connectivity index is 1.90. The number of piperidine rings is 1. The molecule has 2 aliphatic rings. The van der Waals surface area contributed by atoms with E-state index in [0.29, 0.717) is 19.0 Å². The number of aliphatic carboxylic acids is 1. The molecule has 20 heavy (non-hydrogen) atoms. The number of hydrogen-bond donors (Lipinski definition) is 2. The van der Waals surface area contributed by atoms with Crippen molar-refractivity contribution < 1.29 is 19.8 Å². The van der Waals surface area contributed by atoms with Gasteiger partial charge >= 0.3 is 12.0 Å². The number of carboxylic acid groups (broad SMARTS) is 1. The van der Waals surface area contributed by atoms with Gasteiger partial charge in [-0.3, -0.25) is 4.79 Å². The molecule has 1 aliphatic carbocycles. The molecule has 6 heteroatoms. The van der Waals surface area contributed by atoms with Gasteiger partial charge < -0.3 is 20.0 Å². The summed E-state index contributed by atoms with van der Waals surface area (Å²) in [7, 11) is 0. The number of carboxylic acids is 1. The molecule has 2 N–H and O–H groups in total. The highest BCUT2D eigenvalue weighted by Crippen LogP contribution is 2.29. The molecule has 114 valence electrons. The van der Waals surface area contributed by atoms with E-state index < -0.39 is 5.97 Å². The second-order valence-corrected chi connectivity index (χ2v) is 5.82. The predicted octanol–water partition coefficient (Wildman–Crippen LogP) is 1.14. The third-order valence-corrected chi connectivity index (χ3v) is 4.13. The molecule has 6 nitrogen and oxygen atoms in total. The van der Waals surface area contributed by atoms with Gasteiger partial charge in [0.05, 0.1) is 6.42 Å². The minimum absolute atomic E-state index is 0.0101. The number of rotatable bonds is 6. The lowest BCUT2D eigenvalue weighted by Gasteiger charge is -2.36. The third kappa shape index (κ3) is 4.10. The molecule has 1 unspecified atom stereocenters. The largest absolute Gasteiger partial charge is 0.481 e. The van der Waals surface area contributed by atoms with Gasteiger partial charge in [0, 0.05) is 32.3 Å². The fraction of sp³-hybridized carbons (Fsp3) is 0.857. The molecule has 2 fully saturated rings. The molecule has 1 atom stereocenters. The summed E-state index contributed by atoms with van der Waals surface area (Å²) < 4.78 is 0. The molecule has 2 rings (SSSR count). The summed E-state index contributed by atoms with van der Waals surface area (Å²) in [5.74, 6) is -0.488. The van der Waals surface area contributed by atoms with Crippen molar-refractivity contribution in [3.8, 4) is 0 Å². The quantitative estimate of drug-likeness (QED) is 0.766. The molecule has 0 aromatic carbocycles. The monoisotopic (exact) mass is 284 g/mol. The first kappa shape index (κ1) is 15.1. The molecule has 1 saturated heterocycles. The molecule has 2 amide bonds. The van der Waals surface area contributed by atoms with Gasteiger partial charge in [-0.05, 0) is 38.0 Å². The van der Waals surface area contributed by atoms with Crippen LogP contribution < -0.4 is 0 Å². The maximum absolute atomic E-state index is 12.5. The summed E-state index contributed by atoms with van der Waals surface area (Å²) in [6, 6.07) is 0.219. The molecule has 0 spiro atoms. The van der Waals surface area contributed by atoms with Crippen LogP contribution in [0, 0.1) is 5.92 Å². The van der Waals surface area contributed by atoms with E-state index in [4.69, 9.17) is 10.2 Å². The molecule has 1 aliphatic heterocycles. The zero-order valence-corrected chi connectivity index (χ0v) is 11.8. The second-order valence-electron chi connectivity index (χ2n) is 5.82. The van der Waals surface area contributed by atoms with E-state index in [1.807, 2.05) is 4.90 Å². The maximum atomic E-state index is 12.5. The summed E-state index contributed by atoms with van der Waals surface area (Å²) in [5.41, 5.74) is 0. The minimum Gasteiger partial charge on any atom is -0.481 e. The van der Waals surface area contributed by atoms with Crippen LogP contribution in [0.1, 0.15) is 38.5 Å². The zero-order valence-electron chi connectivity index (χ0n) is 11.8. The first-order valence-electron chi connectivity index (χ1n) is 7.50. The van der Waals surface area contributed by atoms with Crippen molar-refractivity contribution in [2.75, 3.05) is 26.2 Å². The standard InChI is InChI=1S/C14H24N2O4/c17-9-6-11-2-1-7-15(10-11)14(20)16(12-3-4-12)8-5-13(18)19/h11-12,17H,1-10H2,(H,18,19). The van der Waals surface area contributed by atoms with Crippen LogP contribution >= 0.6 is 0 Å². The Hall–Kier alpha value is -1.30. The number of aliphatic hydroxyl groups excluding tert-OH is 1. The van der Waals surface area contributed by atoms with Crippen molar-refractivity contribution in [2.24, 2.45) is 5.92 Å². The second kappa shape index (κ2) is 6.92. The number of likely N-dealkylation sites (tertiary alicyclic amines) is 1. The van der Waals surface area contributed by atoms with Crippen molar-refractivity contribution in [3.63, 3.8) is 0 Å². The van der Waals surface area contributed by atoms with Crippen LogP contribution in [0.3, 0.4) is 0 Å². The molecule has 1 heterocycles. The van der Waals surface area contributed by atoms with Crippen LogP contribution in [0.4, 0.5) is 4.79 Å². The van der Waals surface area contributed by atoms with Crippen molar-refractivity contribution in [1.82, 2.24) is 9.80 Å². The number of urea groups is 1. The van der Waals surface area contributed by atoms with Crippen LogP contribution in [0.15, 0.2) is 0 Å². The summed E-state index contributed by atoms with van der Waals surface area (Å²) >= 11 is 0. The highest BCUT2D eigenvalue weighted by Gasteiger charge is 2.36. The smallest absolute Gasteiger partial charge is 0.320 e. The zero-order chi connectivity index (χ0) is 14.5. The molecule has 0 aromatic heterocycles. The molecule has 1 saturated carbocycles. The highest BCUT2D eigenvalue weighted by molar-refractivity contribution is 5.76. The number of nitrogens with zero attached hydrogens (tertiary/aromatic N) is 2. The first-order valence-corrected chi connectivity index (χ1v) is 7.50. The van der Waals surface area contributed by atoms with Crippen LogP contribution in [0.2, 0.25) is 0 Å². The summed E-state index contributed by atoms with van der Waals surface area (Å²) in [5, 5.41) is 17.8. The highest BCUT2D eigenvalue weighted by atomic mass is 16.4. The van der Waals surface area contributed by atoms with Gasteiger partial charge in [0.15, 0.2) is 0 Å². The van der Waals surface area contributed by atoms with E-state index in [1.165, 1.54) is 0 Å². The fourth-order valence-electron chi connectivity index (χ4n) is 2.88. The third-order valence-electron chi connectivity index (χ3n) is 4.13. The average molecular weight is 284 g/mol. The van der Waals surface area contributed by atoms with E-state index in [1.54, 1.807) is 4.90 Å². The number of carbonyl (C=O) groups is 2. The van der Waals surface area contributed by atoms with E-state index in [0.717, 1.165) is 38.6 Å². The Morgan fingerprint density at radius 2 is 2.00 bits per heavy atom. The lowest BCUT2D eigenvalue weighted by Crippen LogP contribution is -2.49. The van der Waals surface area contributed by atoms with Crippen LogP contribution in [-0.2, 0) is 4.79 Å². The van der Waals surface area contributed by atoms with Gasteiger partial charge in [-0.25, -0.2) is 4.79 Å². The number of carbonyl (C=O) groups excluding carboxylic acids is 1. The number of hydrogen-bond acceptors (Lipinski definition) is 3. The van der Waals surface area contributed by atoms with E-state index >= 15 is 0 Å². The average Bonchev–Trinajstić information content (AvgIpc) is 3.24. The van der Waals surface area contributed by atoms with Gasteiger partial charge in [-0.15, -0.1) is 0 Å². The van der Waals surface area contributed by atoms with E-state index in [2.05, 4.69) is 0 Å². The van der Waals surface area contributed by atoms with Gasteiger partial charge in [0.25, 0.3) is 0 Å². The Bertz CT molecular complexity index is 355. The Morgan fingerprint density at radius 1 is 1.25 bits per heavy atom. The Labute approximate surface area is 119 Å². The van der Waals surface area contributed by atoms with Gasteiger partial charge in [-0.1, -0.05) is 0 Å². The predicted molar refractivity (Wildman–Crippen MR) is 73.4 cm³/mol. The van der Waals surface area contributed by atoms with Crippen molar-refractivity contribution >= 4 is 12.0 Å². The van der Waals surface area contributed by atoms with Crippen LogP contribution in [0.5, 0.6) is 0 Å². The Kier molecular flexibility index (Phi) is 5.23. The van der Waals surface area contributed by atoms with Crippen LogP contribution in [-0.4, -0.2) is 64.3 Å². The Morgan fingerprint density at radius 3 is 2.60 bits per heavy atom. The molecule has 0 aromatic rings. The van der Waals surface area contributed by atoms with Crippen molar-refractivity contribution in [1.29, 1.82) is 0 Å². The summed E-state index contributed by atoms with van der Waals surface area (Å²) in [4.78, 5) is 26.8. The lowest BCUT2D eigenvalue weighted by molar-refractivity contribution is -0.137. The number of aliphatic hydroxyl groups is 1. The molecular weight excluding hydrogens is 260 g/mol. The van der Waals surface area contributed by atoms with E-state index in [-0.39, 0.29) is 25.1 Å². The molecular formula is C14H24N2O4. The lowest BCUT2D eigenvalue weighted by atomic mass is 9.95. The topological polar surface area (TPSA) is 81.1 Å². The van der Waals surface area contributed by atoms with Gasteiger partial charge in [0.1, 0.15) is 0 Å². The van der Waals surface area contributed by atoms with Crippen molar-refractivity contribution in [2.45, 2.75) is 44.6 Å². The van der Waals surface area contributed by atoms with Gasteiger partial charge in [0.2, 0.25) is 0 Å². The van der Waals surface area contributed by atoms with Crippen LogP contribution in [0.25, 0.3) is 0 Å². The first-order chi connectivity index (χ1) is 9.61. The maximum Gasteiger partial charge on any atom is 0.320 e. The minimum atomic E-state index is -0.861. The SMILES string of the molecule is O=C(O)CCN(C(=O)N1CCCC(CCO)C1)C1CC1. The summed E-state index contributed by atoms with van der Waals surface area (Å²) in [6.07, 6.45) is 4.74. The fourth-order valence-corrected chi connectivity index (χ4v) is 2.88.